The van der Waals surface area contributed by atoms with Crippen molar-refractivity contribution in [3.8, 4) is 5.75 Å². The molecule has 0 saturated carbocycles. The van der Waals surface area contributed by atoms with Crippen molar-refractivity contribution in [2.24, 2.45) is 10.2 Å². The summed E-state index contributed by atoms with van der Waals surface area (Å²) in [4.78, 5) is 10.2. The molecule has 2 aromatic carbocycles. The van der Waals surface area contributed by atoms with Gasteiger partial charge in [0.15, 0.2) is 0 Å². The molecule has 0 aromatic heterocycles. The van der Waals surface area contributed by atoms with Crippen molar-refractivity contribution in [2.75, 3.05) is 0 Å². The van der Waals surface area contributed by atoms with E-state index in [2.05, 4.69) is 10.2 Å². The maximum absolute atomic E-state index is 10.7. The second kappa shape index (κ2) is 7.21. The van der Waals surface area contributed by atoms with Crippen molar-refractivity contribution in [3.63, 3.8) is 0 Å². The van der Waals surface area contributed by atoms with Gasteiger partial charge in [0, 0.05) is 12.1 Å². The molecule has 0 fully saturated rings. The minimum absolute atomic E-state index is 0.0165. The van der Waals surface area contributed by atoms with Gasteiger partial charge in [-0.1, -0.05) is 27.7 Å². The Morgan fingerprint density at radius 2 is 1.38 bits per heavy atom. The summed E-state index contributed by atoms with van der Waals surface area (Å²) < 4.78 is 0. The predicted octanol–water partition coefficient (Wildman–Crippen LogP) is 5.96. The Labute approximate surface area is 141 Å². The normalized spacial score (nSPS) is 11.6. The molecule has 0 atom stereocenters. The Hall–Kier alpha value is -2.76. The maximum Gasteiger partial charge on any atom is 0.269 e. The van der Waals surface area contributed by atoms with Crippen LogP contribution in [0.25, 0.3) is 0 Å². The number of hydrogen-bond donors (Lipinski definition) is 1. The lowest BCUT2D eigenvalue weighted by atomic mass is 9.93. The molecule has 126 valence electrons. The molecule has 2 aromatic rings. The van der Waals surface area contributed by atoms with Crippen LogP contribution < -0.4 is 0 Å². The fourth-order valence-corrected chi connectivity index (χ4v) is 2.36. The van der Waals surface area contributed by atoms with Gasteiger partial charge in [-0.3, -0.25) is 10.1 Å². The van der Waals surface area contributed by atoms with Gasteiger partial charge in [-0.2, -0.15) is 10.2 Å². The van der Waals surface area contributed by atoms with Crippen LogP contribution in [-0.4, -0.2) is 10.0 Å². The van der Waals surface area contributed by atoms with Crippen molar-refractivity contribution in [1.29, 1.82) is 0 Å². The first-order valence-electron chi connectivity index (χ1n) is 7.82. The number of azo groups is 1. The second-order valence-electron chi connectivity index (χ2n) is 6.26. The molecule has 0 heterocycles. The maximum atomic E-state index is 10.7. The summed E-state index contributed by atoms with van der Waals surface area (Å²) in [6.07, 6.45) is 0. The summed E-state index contributed by atoms with van der Waals surface area (Å²) in [5.41, 5.74) is 2.87. The first kappa shape index (κ1) is 17.6. The van der Waals surface area contributed by atoms with Gasteiger partial charge in [-0.25, -0.2) is 0 Å². The van der Waals surface area contributed by atoms with E-state index in [0.29, 0.717) is 17.1 Å². The molecular formula is C18H21N3O3. The molecule has 2 rings (SSSR count). The summed E-state index contributed by atoms with van der Waals surface area (Å²) in [6.45, 7) is 8.04. The quantitative estimate of drug-likeness (QED) is 0.417. The number of nitro benzene ring substituents is 1. The molecule has 0 bridgehead atoms. The summed E-state index contributed by atoms with van der Waals surface area (Å²) >= 11 is 0. The van der Waals surface area contributed by atoms with Crippen LogP contribution in [0.1, 0.15) is 50.7 Å². The summed E-state index contributed by atoms with van der Waals surface area (Å²) in [6, 6.07) is 9.53. The van der Waals surface area contributed by atoms with Crippen LogP contribution in [0.15, 0.2) is 46.6 Å². The van der Waals surface area contributed by atoms with Gasteiger partial charge in [0.25, 0.3) is 5.69 Å². The molecule has 1 N–H and O–H groups in total. The zero-order valence-electron chi connectivity index (χ0n) is 14.2. The summed E-state index contributed by atoms with van der Waals surface area (Å²) in [5.74, 6) is 0.642. The van der Waals surface area contributed by atoms with E-state index in [9.17, 15) is 15.2 Å². The van der Waals surface area contributed by atoms with Gasteiger partial charge >= 0.3 is 0 Å². The number of nitrogens with zero attached hydrogens (tertiary/aromatic N) is 3. The van der Waals surface area contributed by atoms with E-state index in [1.54, 1.807) is 12.1 Å². The van der Waals surface area contributed by atoms with Gasteiger partial charge in [0.1, 0.15) is 5.75 Å². The molecule has 0 saturated heterocycles. The van der Waals surface area contributed by atoms with Gasteiger partial charge in [-0.05, 0) is 47.2 Å². The largest absolute Gasteiger partial charge is 0.507 e. The van der Waals surface area contributed by atoms with Crippen LogP contribution >= 0.6 is 0 Å². The minimum atomic E-state index is -0.454. The molecule has 0 aliphatic heterocycles. The fraction of sp³-hybridized carbons (Fsp3) is 0.333. The number of phenols is 1. The van der Waals surface area contributed by atoms with Crippen LogP contribution in [-0.2, 0) is 0 Å². The number of rotatable bonds is 5. The van der Waals surface area contributed by atoms with E-state index >= 15 is 0 Å². The molecular weight excluding hydrogens is 306 g/mol. The number of nitro groups is 1. The number of aromatic hydroxyl groups is 1. The third-order valence-electron chi connectivity index (χ3n) is 3.74. The van der Waals surface area contributed by atoms with Crippen LogP contribution in [0.5, 0.6) is 5.75 Å². The van der Waals surface area contributed by atoms with Gasteiger partial charge in [-0.15, -0.1) is 0 Å². The average molecular weight is 327 g/mol. The first-order chi connectivity index (χ1) is 11.3. The van der Waals surface area contributed by atoms with Crippen LogP contribution in [0.4, 0.5) is 17.1 Å². The highest BCUT2D eigenvalue weighted by molar-refractivity contribution is 5.54. The van der Waals surface area contributed by atoms with E-state index in [0.717, 1.165) is 11.1 Å². The topological polar surface area (TPSA) is 88.1 Å². The lowest BCUT2D eigenvalue weighted by Crippen LogP contribution is -1.95. The van der Waals surface area contributed by atoms with Crippen LogP contribution in [0.3, 0.4) is 0 Å². The average Bonchev–Trinajstić information content (AvgIpc) is 2.53. The van der Waals surface area contributed by atoms with E-state index < -0.39 is 4.92 Å². The standard InChI is InChI=1S/C18H21N3O3/c1-11(2)16-9-14(10-17(12(3)4)18(16)22)20-19-13-5-7-15(8-6-13)21(23)24/h5-12,22H,1-4H3. The van der Waals surface area contributed by atoms with E-state index in [4.69, 9.17) is 0 Å². The molecule has 0 aliphatic rings. The first-order valence-corrected chi connectivity index (χ1v) is 7.82. The zero-order valence-corrected chi connectivity index (χ0v) is 14.2. The number of hydrogen-bond acceptors (Lipinski definition) is 5. The molecule has 0 unspecified atom stereocenters. The second-order valence-corrected chi connectivity index (χ2v) is 6.26. The zero-order chi connectivity index (χ0) is 17.9. The molecule has 24 heavy (non-hydrogen) atoms. The van der Waals surface area contributed by atoms with Crippen molar-refractivity contribution in [2.45, 2.75) is 39.5 Å². The van der Waals surface area contributed by atoms with Gasteiger partial charge < -0.3 is 5.11 Å². The highest BCUT2D eigenvalue weighted by Crippen LogP contribution is 2.37. The number of phenolic OH excluding ortho intramolecular Hbond substituents is 1. The highest BCUT2D eigenvalue weighted by atomic mass is 16.6. The predicted molar refractivity (Wildman–Crippen MR) is 93.6 cm³/mol. The van der Waals surface area contributed by atoms with E-state index in [1.165, 1.54) is 12.1 Å². The summed E-state index contributed by atoms with van der Waals surface area (Å²) in [7, 11) is 0. The SMILES string of the molecule is CC(C)c1cc(N=Nc2ccc([N+](=O)[O-])cc2)cc(C(C)C)c1O. The lowest BCUT2D eigenvalue weighted by Gasteiger charge is -2.15. The Morgan fingerprint density at radius 3 is 1.79 bits per heavy atom. The monoisotopic (exact) mass is 327 g/mol. The van der Waals surface area contributed by atoms with Crippen LogP contribution in [0.2, 0.25) is 0 Å². The van der Waals surface area contributed by atoms with Gasteiger partial charge in [0.2, 0.25) is 0 Å². The Bertz CT molecular complexity index is 737. The van der Waals surface area contributed by atoms with Crippen LogP contribution in [0, 0.1) is 10.1 Å². The number of non-ortho nitro benzene ring substituents is 1. The van der Waals surface area contributed by atoms with Crippen molar-refractivity contribution in [3.05, 3.63) is 57.6 Å². The molecule has 6 heteroatoms. The molecule has 0 radical (unpaired) electrons. The molecule has 0 aliphatic carbocycles. The lowest BCUT2D eigenvalue weighted by molar-refractivity contribution is -0.384. The molecule has 0 spiro atoms. The third-order valence-corrected chi connectivity index (χ3v) is 3.74. The smallest absolute Gasteiger partial charge is 0.269 e. The van der Waals surface area contributed by atoms with Crippen molar-refractivity contribution >= 4 is 17.1 Å². The molecule has 6 nitrogen and oxygen atoms in total. The van der Waals surface area contributed by atoms with E-state index in [-0.39, 0.29) is 17.5 Å². The Morgan fingerprint density at radius 1 is 0.917 bits per heavy atom. The van der Waals surface area contributed by atoms with Gasteiger partial charge in [0.05, 0.1) is 16.3 Å². The van der Waals surface area contributed by atoms with Crippen molar-refractivity contribution in [1.82, 2.24) is 0 Å². The summed E-state index contributed by atoms with van der Waals surface area (Å²) in [5, 5.41) is 29.4. The Kier molecular flexibility index (Phi) is 5.28. The van der Waals surface area contributed by atoms with E-state index in [1.807, 2.05) is 39.8 Å². The fourth-order valence-electron chi connectivity index (χ4n) is 2.36. The highest BCUT2D eigenvalue weighted by Gasteiger charge is 2.15. The minimum Gasteiger partial charge on any atom is -0.507 e. The Balaban J connectivity index is 2.36. The molecule has 0 amide bonds. The van der Waals surface area contributed by atoms with Crippen molar-refractivity contribution < 1.29 is 10.0 Å². The third kappa shape index (κ3) is 3.95. The number of benzene rings is 2.